The van der Waals surface area contributed by atoms with Crippen molar-refractivity contribution in [3.8, 4) is 0 Å². The van der Waals surface area contributed by atoms with Gasteiger partial charge in [0.2, 0.25) is 0 Å². The lowest BCUT2D eigenvalue weighted by Gasteiger charge is -2.57. The van der Waals surface area contributed by atoms with Crippen LogP contribution in [0.1, 0.15) is 62.0 Å². The van der Waals surface area contributed by atoms with Crippen LogP contribution in [0, 0.1) is 5.41 Å². The number of amides is 1. The number of carbonyl (C=O) groups is 1. The Bertz CT molecular complexity index is 499. The zero-order chi connectivity index (χ0) is 15.6. The van der Waals surface area contributed by atoms with E-state index in [1.54, 1.807) is 6.20 Å². The zero-order valence-corrected chi connectivity index (χ0v) is 14.3. The molecule has 0 radical (unpaired) electrons. The molecule has 0 unspecified atom stereocenters. The Morgan fingerprint density at radius 1 is 1.45 bits per heavy atom. The van der Waals surface area contributed by atoms with E-state index in [0.29, 0.717) is 17.0 Å². The van der Waals surface area contributed by atoms with Gasteiger partial charge in [-0.05, 0) is 44.1 Å². The zero-order valence-electron chi connectivity index (χ0n) is 13.5. The molecule has 1 aromatic heterocycles. The van der Waals surface area contributed by atoms with Crippen LogP contribution < -0.4 is 0 Å². The number of carbonyl (C=O) groups excluding carboxylic acids is 1. The quantitative estimate of drug-likeness (QED) is 0.807. The van der Waals surface area contributed by atoms with Crippen molar-refractivity contribution in [1.82, 2.24) is 14.5 Å². The second kappa shape index (κ2) is 6.62. The minimum Gasteiger partial charge on any atom is -0.378 e. The van der Waals surface area contributed by atoms with Crippen molar-refractivity contribution in [2.75, 3.05) is 13.2 Å². The molecule has 0 aromatic carbocycles. The Balaban J connectivity index is 1.81. The van der Waals surface area contributed by atoms with Crippen LogP contribution in [0.4, 0.5) is 0 Å². The smallest absolute Gasteiger partial charge is 0.267 e. The molecule has 0 bridgehead atoms. The maximum atomic E-state index is 12.9. The highest BCUT2D eigenvalue weighted by molar-refractivity contribution is 7.07. The molecule has 0 N–H and O–H groups in total. The average molecular weight is 323 g/mol. The van der Waals surface area contributed by atoms with Gasteiger partial charge in [0, 0.05) is 24.6 Å². The third-order valence-electron chi connectivity index (χ3n) is 5.32. The summed E-state index contributed by atoms with van der Waals surface area (Å²) in [7, 11) is 0. The lowest BCUT2D eigenvalue weighted by Crippen LogP contribution is -2.65. The molecule has 5 nitrogen and oxygen atoms in total. The SMILES string of the molecule is CCCN(C(=O)c1cnns1)[C@@H]1C[C@@H](OCC)C12CCCC2. The Kier molecular flexibility index (Phi) is 4.78. The Morgan fingerprint density at radius 3 is 2.82 bits per heavy atom. The van der Waals surface area contributed by atoms with E-state index < -0.39 is 0 Å². The molecule has 3 rings (SSSR count). The summed E-state index contributed by atoms with van der Waals surface area (Å²) in [5.74, 6) is 0.100. The fourth-order valence-corrected chi connectivity index (χ4v) is 4.80. The lowest BCUT2D eigenvalue weighted by atomic mass is 9.59. The average Bonchev–Trinajstić information content (AvgIpc) is 3.21. The van der Waals surface area contributed by atoms with Crippen LogP contribution in [0.5, 0.6) is 0 Å². The van der Waals surface area contributed by atoms with Crippen LogP contribution in [0.25, 0.3) is 0 Å². The van der Waals surface area contributed by atoms with Crippen LogP contribution in [0.15, 0.2) is 6.20 Å². The molecular weight excluding hydrogens is 298 g/mol. The molecule has 0 aliphatic heterocycles. The van der Waals surface area contributed by atoms with Gasteiger partial charge in [-0.1, -0.05) is 24.3 Å². The molecule has 1 aromatic rings. The Morgan fingerprint density at radius 2 is 2.23 bits per heavy atom. The summed E-state index contributed by atoms with van der Waals surface area (Å²) >= 11 is 1.20. The first-order valence-corrected chi connectivity index (χ1v) is 9.20. The summed E-state index contributed by atoms with van der Waals surface area (Å²) in [6.07, 6.45) is 8.78. The van der Waals surface area contributed by atoms with Crippen LogP contribution in [0.3, 0.4) is 0 Å². The van der Waals surface area contributed by atoms with E-state index >= 15 is 0 Å². The first kappa shape index (κ1) is 15.9. The van der Waals surface area contributed by atoms with Crippen molar-refractivity contribution in [3.05, 3.63) is 11.1 Å². The fraction of sp³-hybridized carbons (Fsp3) is 0.812. The van der Waals surface area contributed by atoms with Gasteiger partial charge in [0.25, 0.3) is 5.91 Å². The topological polar surface area (TPSA) is 55.3 Å². The molecule has 1 amide bonds. The highest BCUT2D eigenvalue weighted by atomic mass is 32.1. The van der Waals surface area contributed by atoms with E-state index in [2.05, 4.69) is 28.3 Å². The molecule has 1 heterocycles. The summed E-state index contributed by atoms with van der Waals surface area (Å²) in [5.41, 5.74) is 0.193. The largest absolute Gasteiger partial charge is 0.378 e. The monoisotopic (exact) mass is 323 g/mol. The maximum Gasteiger partial charge on any atom is 0.267 e. The number of hydrogen-bond acceptors (Lipinski definition) is 5. The summed E-state index contributed by atoms with van der Waals surface area (Å²) in [4.78, 5) is 15.6. The van der Waals surface area contributed by atoms with E-state index in [0.717, 1.165) is 26.0 Å². The highest BCUT2D eigenvalue weighted by Gasteiger charge is 2.59. The number of nitrogens with zero attached hydrogens (tertiary/aromatic N) is 3. The van der Waals surface area contributed by atoms with Crippen molar-refractivity contribution >= 4 is 17.4 Å². The van der Waals surface area contributed by atoms with Gasteiger partial charge in [-0.25, -0.2) is 0 Å². The van der Waals surface area contributed by atoms with Gasteiger partial charge in [-0.3, -0.25) is 4.79 Å². The summed E-state index contributed by atoms with van der Waals surface area (Å²) < 4.78 is 9.83. The third kappa shape index (κ3) is 2.56. The maximum absolute atomic E-state index is 12.9. The molecule has 6 heteroatoms. The second-order valence-electron chi connectivity index (χ2n) is 6.42. The minimum absolute atomic E-state index is 0.100. The van der Waals surface area contributed by atoms with Gasteiger partial charge < -0.3 is 9.64 Å². The van der Waals surface area contributed by atoms with Crippen molar-refractivity contribution in [1.29, 1.82) is 0 Å². The van der Waals surface area contributed by atoms with E-state index in [9.17, 15) is 4.79 Å². The van der Waals surface area contributed by atoms with Crippen molar-refractivity contribution < 1.29 is 9.53 Å². The minimum atomic E-state index is 0.100. The fourth-order valence-electron chi connectivity index (χ4n) is 4.33. The molecule has 122 valence electrons. The van der Waals surface area contributed by atoms with E-state index in [1.807, 2.05) is 0 Å². The van der Waals surface area contributed by atoms with Crippen molar-refractivity contribution in [2.45, 2.75) is 64.5 Å². The first-order valence-electron chi connectivity index (χ1n) is 8.43. The molecule has 22 heavy (non-hydrogen) atoms. The first-order chi connectivity index (χ1) is 10.7. The summed E-state index contributed by atoms with van der Waals surface area (Å²) in [6, 6.07) is 0.320. The van der Waals surface area contributed by atoms with Crippen molar-refractivity contribution in [2.24, 2.45) is 5.41 Å². The standard InChI is InChI=1S/C16H25N3O2S/c1-3-9-19(15(20)12-11-17-18-22-12)13-10-14(21-4-2)16(13)7-5-6-8-16/h11,13-14H,3-10H2,1-2H3/t13-,14-/m1/s1. The summed E-state index contributed by atoms with van der Waals surface area (Å²) in [5, 5.41) is 3.82. The van der Waals surface area contributed by atoms with Gasteiger partial charge in [0.1, 0.15) is 4.88 Å². The van der Waals surface area contributed by atoms with Crippen molar-refractivity contribution in [3.63, 3.8) is 0 Å². The highest BCUT2D eigenvalue weighted by Crippen LogP contribution is 2.56. The number of aromatic nitrogens is 2. The molecule has 2 aliphatic carbocycles. The molecule has 2 saturated carbocycles. The number of rotatable bonds is 6. The normalized spacial score (nSPS) is 26.1. The van der Waals surface area contributed by atoms with Crippen LogP contribution >= 0.6 is 11.5 Å². The Labute approximate surface area is 136 Å². The van der Waals surface area contributed by atoms with E-state index in [4.69, 9.17) is 4.74 Å². The number of hydrogen-bond donors (Lipinski definition) is 0. The van der Waals surface area contributed by atoms with Gasteiger partial charge >= 0.3 is 0 Å². The molecule has 1 spiro atoms. The van der Waals surface area contributed by atoms with Gasteiger partial charge in [-0.2, -0.15) is 0 Å². The molecule has 2 fully saturated rings. The van der Waals surface area contributed by atoms with Crippen LogP contribution in [-0.4, -0.2) is 45.7 Å². The molecule has 2 aliphatic rings. The van der Waals surface area contributed by atoms with Gasteiger partial charge in [0.15, 0.2) is 0 Å². The molecule has 0 saturated heterocycles. The van der Waals surface area contributed by atoms with Gasteiger partial charge in [0.05, 0.1) is 12.3 Å². The predicted molar refractivity (Wildman–Crippen MR) is 86.0 cm³/mol. The lowest BCUT2D eigenvalue weighted by molar-refractivity contribution is -0.156. The Hall–Kier alpha value is -1.01. The third-order valence-corrected chi connectivity index (χ3v) is 5.97. The van der Waals surface area contributed by atoms with E-state index in [1.165, 1.54) is 37.2 Å². The molecular formula is C16H25N3O2S. The predicted octanol–water partition coefficient (Wildman–Crippen LogP) is 3.13. The number of ether oxygens (including phenoxy) is 1. The second-order valence-corrected chi connectivity index (χ2v) is 7.20. The molecule has 2 atom stereocenters. The van der Waals surface area contributed by atoms with E-state index in [-0.39, 0.29) is 11.3 Å². The van der Waals surface area contributed by atoms with Crippen LogP contribution in [-0.2, 0) is 4.74 Å². The summed E-state index contributed by atoms with van der Waals surface area (Å²) in [6.45, 7) is 5.76. The van der Waals surface area contributed by atoms with Crippen LogP contribution in [0.2, 0.25) is 0 Å². The van der Waals surface area contributed by atoms with Gasteiger partial charge in [-0.15, -0.1) is 5.10 Å².